The molecule has 0 saturated heterocycles. The van der Waals surface area contributed by atoms with E-state index in [4.69, 9.17) is 33.7 Å². The monoisotopic (exact) mass is 315 g/mol. The van der Waals surface area contributed by atoms with Gasteiger partial charge in [-0.1, -0.05) is 23.2 Å². The molecule has 0 atom stereocenters. The van der Waals surface area contributed by atoms with Gasteiger partial charge < -0.3 is 5.32 Å². The zero-order valence-electron chi connectivity index (χ0n) is 7.76. The molecule has 0 heterocycles. The summed E-state index contributed by atoms with van der Waals surface area (Å²) in [7, 11) is 0. The topological polar surface area (TPSA) is 59.6 Å². The molecule has 0 aliphatic carbocycles. The summed E-state index contributed by atoms with van der Waals surface area (Å²) in [5, 5.41) is 20.7. The number of halogens is 3. The lowest BCUT2D eigenvalue weighted by atomic mass is 10.3. The Labute approximate surface area is 111 Å². The van der Waals surface area contributed by atoms with Gasteiger partial charge in [-0.05, 0) is 28.1 Å². The molecular formula is C10H4BrCl2N3. The van der Waals surface area contributed by atoms with Crippen LogP contribution in [0.2, 0.25) is 10.0 Å². The van der Waals surface area contributed by atoms with Crippen LogP contribution in [0.25, 0.3) is 0 Å². The van der Waals surface area contributed by atoms with E-state index >= 15 is 0 Å². The SMILES string of the molecule is N#CC(C#N)=CNc1cc(Cl)c(Br)cc1Cl. The van der Waals surface area contributed by atoms with Crippen molar-refractivity contribution >= 4 is 44.8 Å². The number of rotatable bonds is 2. The van der Waals surface area contributed by atoms with E-state index in [1.165, 1.54) is 6.20 Å². The van der Waals surface area contributed by atoms with Gasteiger partial charge in [0.15, 0.2) is 0 Å². The van der Waals surface area contributed by atoms with Crippen molar-refractivity contribution in [3.8, 4) is 12.1 Å². The highest BCUT2D eigenvalue weighted by Gasteiger charge is 2.04. The first-order valence-electron chi connectivity index (χ1n) is 4.00. The second-order valence-corrected chi connectivity index (χ2v) is 4.34. The number of nitrogens with zero attached hydrogens (tertiary/aromatic N) is 2. The second kappa shape index (κ2) is 5.77. The Hall–Kier alpha value is -1.20. The minimum Gasteiger partial charge on any atom is -0.359 e. The van der Waals surface area contributed by atoms with Crippen LogP contribution in [0.3, 0.4) is 0 Å². The Morgan fingerprint density at radius 1 is 1.25 bits per heavy atom. The molecule has 1 aromatic carbocycles. The molecule has 0 aliphatic rings. The van der Waals surface area contributed by atoms with Gasteiger partial charge in [0, 0.05) is 10.7 Å². The van der Waals surface area contributed by atoms with E-state index in [0.29, 0.717) is 20.2 Å². The maximum atomic E-state index is 8.52. The van der Waals surface area contributed by atoms with E-state index in [2.05, 4.69) is 21.2 Å². The highest BCUT2D eigenvalue weighted by atomic mass is 79.9. The predicted octanol–water partition coefficient (Wildman–Crippen LogP) is 4.10. The van der Waals surface area contributed by atoms with Gasteiger partial charge in [0.2, 0.25) is 0 Å². The molecule has 1 N–H and O–H groups in total. The maximum absolute atomic E-state index is 8.52. The molecule has 0 aromatic heterocycles. The predicted molar refractivity (Wildman–Crippen MR) is 67.1 cm³/mol. The molecule has 3 nitrogen and oxygen atoms in total. The van der Waals surface area contributed by atoms with Gasteiger partial charge in [0.25, 0.3) is 0 Å². The lowest BCUT2D eigenvalue weighted by Gasteiger charge is -2.05. The van der Waals surface area contributed by atoms with E-state index in [9.17, 15) is 0 Å². The number of allylic oxidation sites excluding steroid dienone is 1. The van der Waals surface area contributed by atoms with Gasteiger partial charge in [-0.15, -0.1) is 0 Å². The summed E-state index contributed by atoms with van der Waals surface area (Å²) in [5.41, 5.74) is 0.480. The molecule has 0 amide bonds. The van der Waals surface area contributed by atoms with Crippen molar-refractivity contribution in [2.75, 3.05) is 5.32 Å². The Morgan fingerprint density at radius 2 is 1.88 bits per heavy atom. The van der Waals surface area contributed by atoms with E-state index in [1.807, 2.05) is 0 Å². The van der Waals surface area contributed by atoms with Crippen molar-refractivity contribution in [2.24, 2.45) is 0 Å². The zero-order chi connectivity index (χ0) is 12.1. The molecule has 6 heteroatoms. The van der Waals surface area contributed by atoms with E-state index in [-0.39, 0.29) is 5.57 Å². The van der Waals surface area contributed by atoms with Crippen molar-refractivity contribution in [3.63, 3.8) is 0 Å². The van der Waals surface area contributed by atoms with Crippen molar-refractivity contribution in [3.05, 3.63) is 38.4 Å². The molecule has 16 heavy (non-hydrogen) atoms. The highest BCUT2D eigenvalue weighted by Crippen LogP contribution is 2.32. The number of benzene rings is 1. The van der Waals surface area contributed by atoms with E-state index < -0.39 is 0 Å². The van der Waals surface area contributed by atoms with Gasteiger partial charge in [-0.25, -0.2) is 0 Å². The van der Waals surface area contributed by atoms with Gasteiger partial charge in [-0.2, -0.15) is 10.5 Å². The van der Waals surface area contributed by atoms with Crippen molar-refractivity contribution in [1.29, 1.82) is 10.5 Å². The summed E-state index contributed by atoms with van der Waals surface area (Å²) < 4.78 is 0.675. The van der Waals surface area contributed by atoms with Crippen LogP contribution in [0.5, 0.6) is 0 Å². The summed E-state index contributed by atoms with van der Waals surface area (Å²) >= 11 is 15.0. The quantitative estimate of drug-likeness (QED) is 0.660. The summed E-state index contributed by atoms with van der Waals surface area (Å²) in [5.74, 6) is 0. The lowest BCUT2D eigenvalue weighted by molar-refractivity contribution is 1.44. The molecule has 0 saturated carbocycles. The molecule has 0 unspecified atom stereocenters. The Morgan fingerprint density at radius 3 is 2.44 bits per heavy atom. The molecule has 0 radical (unpaired) electrons. The first kappa shape index (κ1) is 12.9. The summed E-state index contributed by atoms with van der Waals surface area (Å²) in [6, 6.07) is 6.66. The molecule has 80 valence electrons. The summed E-state index contributed by atoms with van der Waals surface area (Å²) in [4.78, 5) is 0. The Balaban J connectivity index is 3.01. The number of hydrogen-bond acceptors (Lipinski definition) is 3. The minimum atomic E-state index is -0.0462. The first-order valence-corrected chi connectivity index (χ1v) is 5.55. The normalized spacial score (nSPS) is 8.81. The van der Waals surface area contributed by atoms with Crippen LogP contribution in [0.1, 0.15) is 0 Å². The minimum absolute atomic E-state index is 0.0462. The van der Waals surface area contributed by atoms with Crippen LogP contribution in [-0.2, 0) is 0 Å². The lowest BCUT2D eigenvalue weighted by Crippen LogP contribution is -1.91. The smallest absolute Gasteiger partial charge is 0.145 e. The number of nitriles is 2. The molecule has 0 spiro atoms. The summed E-state index contributed by atoms with van der Waals surface area (Å²) in [6.45, 7) is 0. The number of anilines is 1. The van der Waals surface area contributed by atoms with Gasteiger partial charge in [0.05, 0.1) is 15.7 Å². The fourth-order valence-electron chi connectivity index (χ4n) is 0.873. The van der Waals surface area contributed by atoms with Crippen LogP contribution in [0, 0.1) is 22.7 Å². The summed E-state index contributed by atoms with van der Waals surface area (Å²) in [6.07, 6.45) is 1.27. The van der Waals surface area contributed by atoms with Crippen molar-refractivity contribution < 1.29 is 0 Å². The average Bonchev–Trinajstić information content (AvgIpc) is 2.26. The third-order valence-corrected chi connectivity index (χ3v) is 3.13. The fourth-order valence-corrected chi connectivity index (χ4v) is 1.73. The standard InChI is InChI=1S/C10H4BrCl2N3/c11-7-1-9(13)10(2-8(7)12)16-5-6(3-14)4-15/h1-2,5,16H. The van der Waals surface area contributed by atoms with E-state index in [1.54, 1.807) is 24.3 Å². The molecule has 1 aromatic rings. The van der Waals surface area contributed by atoms with Crippen LogP contribution >= 0.6 is 39.1 Å². The van der Waals surface area contributed by atoms with E-state index in [0.717, 1.165) is 0 Å². The van der Waals surface area contributed by atoms with Gasteiger partial charge >= 0.3 is 0 Å². The largest absolute Gasteiger partial charge is 0.359 e. The molecule has 0 aliphatic heterocycles. The van der Waals surface area contributed by atoms with Crippen LogP contribution < -0.4 is 5.32 Å². The van der Waals surface area contributed by atoms with Crippen LogP contribution in [0.4, 0.5) is 5.69 Å². The van der Waals surface area contributed by atoms with Crippen LogP contribution in [0.15, 0.2) is 28.4 Å². The first-order chi connectivity index (χ1) is 7.58. The zero-order valence-corrected chi connectivity index (χ0v) is 10.9. The average molecular weight is 317 g/mol. The third kappa shape index (κ3) is 3.15. The number of hydrogen-bond donors (Lipinski definition) is 1. The van der Waals surface area contributed by atoms with Crippen LogP contribution in [-0.4, -0.2) is 0 Å². The fraction of sp³-hybridized carbons (Fsp3) is 0. The van der Waals surface area contributed by atoms with Gasteiger partial charge in [0.1, 0.15) is 17.7 Å². The second-order valence-electron chi connectivity index (χ2n) is 2.67. The molecular weight excluding hydrogens is 313 g/mol. The molecule has 0 bridgehead atoms. The van der Waals surface area contributed by atoms with Crippen molar-refractivity contribution in [1.82, 2.24) is 0 Å². The molecule has 0 fully saturated rings. The maximum Gasteiger partial charge on any atom is 0.145 e. The third-order valence-electron chi connectivity index (χ3n) is 1.62. The van der Waals surface area contributed by atoms with Crippen molar-refractivity contribution in [2.45, 2.75) is 0 Å². The highest BCUT2D eigenvalue weighted by molar-refractivity contribution is 9.10. The van der Waals surface area contributed by atoms with Gasteiger partial charge in [-0.3, -0.25) is 0 Å². The molecule has 1 rings (SSSR count). The Bertz CT molecular complexity index is 510. The Kier molecular flexibility index (Phi) is 4.64. The number of nitrogens with one attached hydrogen (secondary N) is 1.